The number of halogens is 1. The van der Waals surface area contributed by atoms with E-state index in [1.807, 2.05) is 73.8 Å². The average Bonchev–Trinajstić information content (AvgIpc) is 3.62. The second-order valence-corrected chi connectivity index (χ2v) is 9.67. The molecular formula is C30H27FN4O2. The molecule has 186 valence electrons. The van der Waals surface area contributed by atoms with Gasteiger partial charge < -0.3 is 14.8 Å². The molecular weight excluding hydrogens is 467 g/mol. The molecule has 1 atom stereocenters. The summed E-state index contributed by atoms with van der Waals surface area (Å²) in [6.45, 7) is 1.91. The monoisotopic (exact) mass is 494 g/mol. The third kappa shape index (κ3) is 4.37. The molecule has 1 unspecified atom stereocenters. The Balaban J connectivity index is 1.36. The average molecular weight is 495 g/mol. The highest BCUT2D eigenvalue weighted by Gasteiger charge is 2.40. The van der Waals surface area contributed by atoms with Crippen LogP contribution in [0.15, 0.2) is 91.1 Å². The van der Waals surface area contributed by atoms with E-state index in [1.165, 1.54) is 12.1 Å². The molecule has 6 nitrogen and oxygen atoms in total. The number of aryl methyl sites for hydroxylation is 1. The van der Waals surface area contributed by atoms with E-state index in [1.54, 1.807) is 21.9 Å². The molecule has 0 saturated heterocycles. The van der Waals surface area contributed by atoms with Gasteiger partial charge in [0.15, 0.2) is 0 Å². The van der Waals surface area contributed by atoms with E-state index < -0.39 is 6.04 Å². The molecule has 2 heterocycles. The number of nitrogens with zero attached hydrogens (tertiary/aromatic N) is 3. The minimum atomic E-state index is -0.459. The van der Waals surface area contributed by atoms with Crippen LogP contribution < -0.4 is 10.2 Å². The first-order valence-corrected chi connectivity index (χ1v) is 12.5. The van der Waals surface area contributed by atoms with Crippen molar-refractivity contribution >= 4 is 23.3 Å². The van der Waals surface area contributed by atoms with Gasteiger partial charge in [0.05, 0.1) is 17.1 Å². The van der Waals surface area contributed by atoms with Crippen LogP contribution in [0.25, 0.3) is 5.69 Å². The molecule has 1 saturated carbocycles. The number of aromatic nitrogens is 1. The van der Waals surface area contributed by atoms with Gasteiger partial charge in [-0.2, -0.15) is 0 Å². The maximum absolute atomic E-state index is 14.1. The van der Waals surface area contributed by atoms with Crippen molar-refractivity contribution in [1.29, 1.82) is 0 Å². The van der Waals surface area contributed by atoms with Gasteiger partial charge in [0.25, 0.3) is 0 Å². The zero-order chi connectivity index (χ0) is 25.5. The first-order valence-electron chi connectivity index (χ1n) is 12.5. The molecule has 1 aliphatic carbocycles. The van der Waals surface area contributed by atoms with Gasteiger partial charge in [0, 0.05) is 17.9 Å². The van der Waals surface area contributed by atoms with Gasteiger partial charge in [-0.25, -0.2) is 9.18 Å². The Kier molecular flexibility index (Phi) is 5.75. The van der Waals surface area contributed by atoms with Crippen LogP contribution in [0.1, 0.15) is 35.7 Å². The summed E-state index contributed by atoms with van der Waals surface area (Å²) in [6, 6.07) is 24.8. The van der Waals surface area contributed by atoms with Crippen LogP contribution in [0, 0.1) is 12.7 Å². The highest BCUT2D eigenvalue weighted by atomic mass is 19.1. The van der Waals surface area contributed by atoms with E-state index in [4.69, 9.17) is 0 Å². The summed E-state index contributed by atoms with van der Waals surface area (Å²) in [6.07, 6.45) is 3.71. The summed E-state index contributed by atoms with van der Waals surface area (Å²) in [7, 11) is 0. The predicted molar refractivity (Wildman–Crippen MR) is 141 cm³/mol. The number of fused-ring (bicyclic) bond motifs is 3. The van der Waals surface area contributed by atoms with Gasteiger partial charge in [-0.05, 0) is 79.4 Å². The van der Waals surface area contributed by atoms with Gasteiger partial charge in [-0.1, -0.05) is 36.4 Å². The molecule has 4 aromatic rings. The maximum atomic E-state index is 14.1. The van der Waals surface area contributed by atoms with Gasteiger partial charge in [0.2, 0.25) is 5.91 Å². The molecule has 6 rings (SSSR count). The number of carbonyl (C=O) groups excluding carboxylic acids is 2. The molecule has 3 aromatic carbocycles. The number of nitrogens with one attached hydrogen (secondary N) is 1. The van der Waals surface area contributed by atoms with E-state index in [9.17, 15) is 14.0 Å². The number of para-hydroxylation sites is 2. The fourth-order valence-electron chi connectivity index (χ4n) is 5.12. The van der Waals surface area contributed by atoms with Crippen LogP contribution in [0.4, 0.5) is 20.6 Å². The van der Waals surface area contributed by atoms with Gasteiger partial charge >= 0.3 is 6.03 Å². The Hall–Kier alpha value is -4.39. The van der Waals surface area contributed by atoms with Crippen molar-refractivity contribution in [2.24, 2.45) is 0 Å². The second-order valence-electron chi connectivity index (χ2n) is 9.67. The van der Waals surface area contributed by atoms with Crippen molar-refractivity contribution in [1.82, 2.24) is 9.47 Å². The van der Waals surface area contributed by atoms with E-state index >= 15 is 0 Å². The topological polar surface area (TPSA) is 57.6 Å². The van der Waals surface area contributed by atoms with E-state index in [0.29, 0.717) is 5.69 Å². The second kappa shape index (κ2) is 9.24. The lowest BCUT2D eigenvalue weighted by atomic mass is 9.97. The van der Waals surface area contributed by atoms with E-state index in [-0.39, 0.29) is 30.3 Å². The first kappa shape index (κ1) is 23.0. The van der Waals surface area contributed by atoms with Gasteiger partial charge in [0.1, 0.15) is 18.4 Å². The lowest BCUT2D eigenvalue weighted by molar-refractivity contribution is -0.119. The normalized spacial score (nSPS) is 16.1. The summed E-state index contributed by atoms with van der Waals surface area (Å²) in [5.74, 6) is -0.526. The summed E-state index contributed by atoms with van der Waals surface area (Å²) in [5.41, 5.74) is 5.08. The third-order valence-electron chi connectivity index (χ3n) is 7.00. The molecule has 37 heavy (non-hydrogen) atoms. The number of hydrogen-bond acceptors (Lipinski definition) is 2. The maximum Gasteiger partial charge on any atom is 0.322 e. The summed E-state index contributed by atoms with van der Waals surface area (Å²) < 4.78 is 15.9. The van der Waals surface area contributed by atoms with Gasteiger partial charge in [-0.3, -0.25) is 9.69 Å². The number of amides is 3. The Labute approximate surface area is 214 Å². The highest BCUT2D eigenvalue weighted by molar-refractivity contribution is 6.01. The number of urea groups is 1. The molecule has 1 fully saturated rings. The van der Waals surface area contributed by atoms with Crippen LogP contribution in [0.5, 0.6) is 0 Å². The molecule has 1 aliphatic heterocycles. The standard InChI is InChI=1S/C30H27FN4O2/c1-20-6-4-7-23(18-20)32-30(37)34(24-15-16-24)19-28(36)35-26-9-3-2-8-25(26)33-17-5-10-27(33)29(35)21-11-13-22(31)14-12-21/h2-14,17-18,24,29H,15-16,19H2,1H3,(H,32,37). The van der Waals surface area contributed by atoms with E-state index in [2.05, 4.69) is 9.88 Å². The van der Waals surface area contributed by atoms with Crippen molar-refractivity contribution < 1.29 is 14.0 Å². The molecule has 0 bridgehead atoms. The largest absolute Gasteiger partial charge is 0.322 e. The minimum Gasteiger partial charge on any atom is -0.316 e. The third-order valence-corrected chi connectivity index (χ3v) is 7.00. The quantitative estimate of drug-likeness (QED) is 0.367. The van der Waals surface area contributed by atoms with Crippen LogP contribution in [-0.4, -0.2) is 34.0 Å². The molecule has 2 aliphatic rings. The molecule has 1 aromatic heterocycles. The Morgan fingerprint density at radius 1 is 0.946 bits per heavy atom. The number of hydrogen-bond donors (Lipinski definition) is 1. The van der Waals surface area contributed by atoms with Crippen LogP contribution >= 0.6 is 0 Å². The summed E-state index contributed by atoms with van der Waals surface area (Å²) in [5, 5.41) is 2.96. The number of benzene rings is 3. The fraction of sp³-hybridized carbons (Fsp3) is 0.200. The number of rotatable bonds is 5. The smallest absolute Gasteiger partial charge is 0.316 e. The Bertz CT molecular complexity index is 1470. The zero-order valence-corrected chi connectivity index (χ0v) is 20.5. The zero-order valence-electron chi connectivity index (χ0n) is 20.5. The lowest BCUT2D eigenvalue weighted by Crippen LogP contribution is -2.48. The summed E-state index contributed by atoms with van der Waals surface area (Å²) >= 11 is 0. The van der Waals surface area contributed by atoms with Crippen LogP contribution in [0.2, 0.25) is 0 Å². The van der Waals surface area contributed by atoms with Crippen molar-refractivity contribution in [3.63, 3.8) is 0 Å². The number of carbonyl (C=O) groups is 2. The van der Waals surface area contributed by atoms with Crippen LogP contribution in [-0.2, 0) is 4.79 Å². The van der Waals surface area contributed by atoms with E-state index in [0.717, 1.165) is 41.0 Å². The molecule has 0 radical (unpaired) electrons. The fourth-order valence-corrected chi connectivity index (χ4v) is 5.12. The minimum absolute atomic E-state index is 0.0296. The van der Waals surface area contributed by atoms with Crippen molar-refractivity contribution in [3.05, 3.63) is 114 Å². The molecule has 1 N–H and O–H groups in total. The lowest BCUT2D eigenvalue weighted by Gasteiger charge is -2.39. The SMILES string of the molecule is Cc1cccc(NC(=O)N(CC(=O)N2c3ccccc3-n3cccc3C2c2ccc(F)cc2)C2CC2)c1. The molecule has 0 spiro atoms. The Morgan fingerprint density at radius 3 is 2.43 bits per heavy atom. The predicted octanol–water partition coefficient (Wildman–Crippen LogP) is 6.06. The van der Waals surface area contributed by atoms with Crippen molar-refractivity contribution in [3.8, 4) is 5.69 Å². The Morgan fingerprint density at radius 2 is 1.70 bits per heavy atom. The summed E-state index contributed by atoms with van der Waals surface area (Å²) in [4.78, 5) is 30.8. The van der Waals surface area contributed by atoms with Crippen LogP contribution in [0.3, 0.4) is 0 Å². The first-order chi connectivity index (χ1) is 18.0. The molecule has 7 heteroatoms. The number of anilines is 2. The van der Waals surface area contributed by atoms with Gasteiger partial charge in [-0.15, -0.1) is 0 Å². The molecule has 3 amide bonds. The van der Waals surface area contributed by atoms with Crippen molar-refractivity contribution in [2.75, 3.05) is 16.8 Å². The van der Waals surface area contributed by atoms with Crippen molar-refractivity contribution in [2.45, 2.75) is 31.8 Å². The highest BCUT2D eigenvalue weighted by Crippen LogP contribution is 2.42.